The van der Waals surface area contributed by atoms with Crippen molar-refractivity contribution in [3.05, 3.63) is 46.2 Å². The van der Waals surface area contributed by atoms with E-state index in [1.54, 1.807) is 0 Å². The summed E-state index contributed by atoms with van der Waals surface area (Å²) >= 11 is 1.51. The molecular formula is C13H15FN2O2S2. The minimum atomic E-state index is -3.64. The van der Waals surface area contributed by atoms with Crippen molar-refractivity contribution in [3.63, 3.8) is 0 Å². The van der Waals surface area contributed by atoms with Crippen LogP contribution >= 0.6 is 11.3 Å². The fourth-order valence-electron chi connectivity index (χ4n) is 1.54. The summed E-state index contributed by atoms with van der Waals surface area (Å²) in [6.07, 6.45) is 0. The minimum absolute atomic E-state index is 0.0400. The van der Waals surface area contributed by atoms with Crippen LogP contribution in [0.25, 0.3) is 0 Å². The third-order valence-corrected chi connectivity index (χ3v) is 5.24. The maximum atomic E-state index is 12.8. The number of sulfonamides is 1. The van der Waals surface area contributed by atoms with Gasteiger partial charge in [-0.05, 0) is 24.3 Å². The number of rotatable bonds is 5. The van der Waals surface area contributed by atoms with Gasteiger partial charge in [-0.3, -0.25) is 0 Å². The zero-order chi connectivity index (χ0) is 14.8. The predicted molar refractivity (Wildman–Crippen MR) is 76.6 cm³/mol. The molecule has 0 aliphatic carbocycles. The lowest BCUT2D eigenvalue weighted by Crippen LogP contribution is -2.23. The number of nitrogens with one attached hydrogen (secondary N) is 1. The standard InChI is InChI=1S/C13H15FN2O2S2/c1-9(2)13-16-11(8-19-13)7-15-20(17,18)12-5-3-10(14)4-6-12/h3-6,8-9,15H,7H2,1-2H3. The molecule has 0 unspecified atom stereocenters. The van der Waals surface area contributed by atoms with Gasteiger partial charge in [0.2, 0.25) is 10.0 Å². The van der Waals surface area contributed by atoms with Gasteiger partial charge in [-0.15, -0.1) is 11.3 Å². The Morgan fingerprint density at radius 2 is 1.95 bits per heavy atom. The molecule has 0 aliphatic rings. The SMILES string of the molecule is CC(C)c1nc(CNS(=O)(=O)c2ccc(F)cc2)cs1. The lowest BCUT2D eigenvalue weighted by atomic mass is 10.2. The molecule has 7 heteroatoms. The molecule has 0 saturated carbocycles. The largest absolute Gasteiger partial charge is 0.245 e. The van der Waals surface area contributed by atoms with Crippen LogP contribution in [0.15, 0.2) is 34.5 Å². The highest BCUT2D eigenvalue weighted by Crippen LogP contribution is 2.19. The molecular weight excluding hydrogens is 299 g/mol. The monoisotopic (exact) mass is 314 g/mol. The highest BCUT2D eigenvalue weighted by molar-refractivity contribution is 7.89. The molecule has 0 atom stereocenters. The molecule has 0 bridgehead atoms. The summed E-state index contributed by atoms with van der Waals surface area (Å²) in [6.45, 7) is 4.19. The third-order valence-electron chi connectivity index (χ3n) is 2.63. The molecule has 1 heterocycles. The van der Waals surface area contributed by atoms with Gasteiger partial charge in [0.15, 0.2) is 0 Å². The molecule has 0 amide bonds. The zero-order valence-corrected chi connectivity index (χ0v) is 12.8. The van der Waals surface area contributed by atoms with E-state index in [2.05, 4.69) is 9.71 Å². The summed E-state index contributed by atoms with van der Waals surface area (Å²) < 4.78 is 39.2. The van der Waals surface area contributed by atoms with Gasteiger partial charge in [0.05, 0.1) is 22.1 Å². The molecule has 0 fully saturated rings. The van der Waals surface area contributed by atoms with Gasteiger partial charge in [0, 0.05) is 11.3 Å². The summed E-state index contributed by atoms with van der Waals surface area (Å²) in [4.78, 5) is 4.39. The minimum Gasteiger partial charge on any atom is -0.245 e. The van der Waals surface area contributed by atoms with Crippen molar-refractivity contribution >= 4 is 21.4 Å². The van der Waals surface area contributed by atoms with Crippen LogP contribution in [0.2, 0.25) is 0 Å². The van der Waals surface area contributed by atoms with Crippen molar-refractivity contribution in [2.75, 3.05) is 0 Å². The highest BCUT2D eigenvalue weighted by atomic mass is 32.2. The third kappa shape index (κ3) is 3.62. The van der Waals surface area contributed by atoms with Gasteiger partial charge >= 0.3 is 0 Å². The summed E-state index contributed by atoms with van der Waals surface area (Å²) in [6, 6.07) is 4.71. The van der Waals surface area contributed by atoms with Crippen LogP contribution in [0.5, 0.6) is 0 Å². The zero-order valence-electron chi connectivity index (χ0n) is 11.1. The second-order valence-electron chi connectivity index (χ2n) is 4.61. The number of thiazole rings is 1. The smallest absolute Gasteiger partial charge is 0.240 e. The second-order valence-corrected chi connectivity index (χ2v) is 7.27. The average Bonchev–Trinajstić information content (AvgIpc) is 2.86. The first-order chi connectivity index (χ1) is 9.38. The maximum Gasteiger partial charge on any atom is 0.240 e. The number of benzene rings is 1. The van der Waals surface area contributed by atoms with Crippen LogP contribution in [0.4, 0.5) is 4.39 Å². The number of aromatic nitrogens is 1. The van der Waals surface area contributed by atoms with E-state index in [9.17, 15) is 12.8 Å². The molecule has 108 valence electrons. The van der Waals surface area contributed by atoms with Gasteiger partial charge in [0.1, 0.15) is 5.82 Å². The summed E-state index contributed by atoms with van der Waals surface area (Å²) in [5.74, 6) is -0.146. The van der Waals surface area contributed by atoms with Gasteiger partial charge in [-0.2, -0.15) is 0 Å². The van der Waals surface area contributed by atoms with E-state index in [0.29, 0.717) is 11.6 Å². The van der Waals surface area contributed by atoms with Crippen LogP contribution in [0.1, 0.15) is 30.5 Å². The molecule has 1 aromatic carbocycles. The lowest BCUT2D eigenvalue weighted by Gasteiger charge is -2.05. The quantitative estimate of drug-likeness (QED) is 0.923. The van der Waals surface area contributed by atoms with E-state index in [0.717, 1.165) is 17.1 Å². The molecule has 1 N–H and O–H groups in total. The molecule has 0 spiro atoms. The van der Waals surface area contributed by atoms with Crippen molar-refractivity contribution in [2.45, 2.75) is 31.2 Å². The summed E-state index contributed by atoms with van der Waals surface area (Å²) in [7, 11) is -3.64. The Morgan fingerprint density at radius 1 is 1.30 bits per heavy atom. The first-order valence-corrected chi connectivity index (χ1v) is 8.44. The Hall–Kier alpha value is -1.31. The van der Waals surface area contributed by atoms with Crippen molar-refractivity contribution < 1.29 is 12.8 Å². The molecule has 0 saturated heterocycles. The molecule has 20 heavy (non-hydrogen) atoms. The first kappa shape index (κ1) is 15.1. The molecule has 1 aromatic heterocycles. The fourth-order valence-corrected chi connectivity index (χ4v) is 3.37. The summed E-state index contributed by atoms with van der Waals surface area (Å²) in [5, 5.41) is 2.81. The normalized spacial score (nSPS) is 12.0. The van der Waals surface area contributed by atoms with Crippen LogP contribution in [0.3, 0.4) is 0 Å². The Labute approximate surface area is 121 Å². The van der Waals surface area contributed by atoms with E-state index in [1.165, 1.54) is 23.5 Å². The van der Waals surface area contributed by atoms with Gasteiger partial charge in [-0.25, -0.2) is 22.5 Å². The molecule has 0 aliphatic heterocycles. The Balaban J connectivity index is 2.07. The number of halogens is 1. The Bertz CT molecular complexity index is 679. The molecule has 4 nitrogen and oxygen atoms in total. The fraction of sp³-hybridized carbons (Fsp3) is 0.308. The first-order valence-electron chi connectivity index (χ1n) is 6.08. The topological polar surface area (TPSA) is 59.1 Å². The van der Waals surface area contributed by atoms with E-state index < -0.39 is 15.8 Å². The van der Waals surface area contributed by atoms with Crippen LogP contribution in [-0.2, 0) is 16.6 Å². The van der Waals surface area contributed by atoms with Crippen LogP contribution in [-0.4, -0.2) is 13.4 Å². The van der Waals surface area contributed by atoms with Crippen molar-refractivity contribution in [1.82, 2.24) is 9.71 Å². The highest BCUT2D eigenvalue weighted by Gasteiger charge is 2.14. The average molecular weight is 314 g/mol. The van der Waals surface area contributed by atoms with Gasteiger partial charge < -0.3 is 0 Å². The van der Waals surface area contributed by atoms with Gasteiger partial charge in [0.25, 0.3) is 0 Å². The Morgan fingerprint density at radius 3 is 2.50 bits per heavy atom. The van der Waals surface area contributed by atoms with E-state index >= 15 is 0 Å². The number of hydrogen-bond donors (Lipinski definition) is 1. The molecule has 2 aromatic rings. The van der Waals surface area contributed by atoms with Crippen molar-refractivity contribution in [2.24, 2.45) is 0 Å². The predicted octanol–water partition coefficient (Wildman–Crippen LogP) is 2.88. The maximum absolute atomic E-state index is 12.8. The molecule has 0 radical (unpaired) electrons. The summed E-state index contributed by atoms with van der Waals surface area (Å²) in [5.41, 5.74) is 0.685. The van der Waals surface area contributed by atoms with E-state index in [4.69, 9.17) is 0 Å². The van der Waals surface area contributed by atoms with Crippen molar-refractivity contribution in [1.29, 1.82) is 0 Å². The van der Waals surface area contributed by atoms with Gasteiger partial charge in [-0.1, -0.05) is 13.8 Å². The lowest BCUT2D eigenvalue weighted by molar-refractivity contribution is 0.579. The second kappa shape index (κ2) is 5.99. The van der Waals surface area contributed by atoms with E-state index in [-0.39, 0.29) is 11.4 Å². The van der Waals surface area contributed by atoms with E-state index in [1.807, 2.05) is 19.2 Å². The number of hydrogen-bond acceptors (Lipinski definition) is 4. The Kier molecular flexibility index (Phi) is 4.52. The van der Waals surface area contributed by atoms with Crippen molar-refractivity contribution in [3.8, 4) is 0 Å². The molecule has 2 rings (SSSR count). The van der Waals surface area contributed by atoms with Crippen LogP contribution in [0, 0.1) is 5.82 Å². The number of nitrogens with zero attached hydrogens (tertiary/aromatic N) is 1. The van der Waals surface area contributed by atoms with Crippen LogP contribution < -0.4 is 4.72 Å².